The zero-order valence-corrected chi connectivity index (χ0v) is 12.5. The summed E-state index contributed by atoms with van der Waals surface area (Å²) in [6.07, 6.45) is 0.678. The van der Waals surface area contributed by atoms with Gasteiger partial charge >= 0.3 is 0 Å². The van der Waals surface area contributed by atoms with Gasteiger partial charge in [0.1, 0.15) is 0 Å². The highest BCUT2D eigenvalue weighted by molar-refractivity contribution is 6.30. The predicted octanol–water partition coefficient (Wildman–Crippen LogP) is 3.70. The van der Waals surface area contributed by atoms with Crippen molar-refractivity contribution in [2.24, 2.45) is 0 Å². The van der Waals surface area contributed by atoms with E-state index in [4.69, 9.17) is 11.6 Å². The topological polar surface area (TPSA) is 20.3 Å². The van der Waals surface area contributed by atoms with Crippen molar-refractivity contribution < 1.29 is 4.79 Å². The van der Waals surface area contributed by atoms with E-state index in [1.165, 1.54) is 0 Å². The molecule has 20 heavy (non-hydrogen) atoms. The molecule has 0 aliphatic heterocycles. The van der Waals surface area contributed by atoms with Crippen LogP contribution in [0.4, 0.5) is 0 Å². The van der Waals surface area contributed by atoms with Crippen LogP contribution in [0.1, 0.15) is 15.9 Å². The molecule has 0 spiro atoms. The van der Waals surface area contributed by atoms with Gasteiger partial charge in [-0.1, -0.05) is 54.1 Å². The predicted molar refractivity (Wildman–Crippen MR) is 83.4 cm³/mol. The first-order valence-corrected chi connectivity index (χ1v) is 6.96. The molecule has 0 aromatic heterocycles. The average molecular weight is 288 g/mol. The van der Waals surface area contributed by atoms with Crippen LogP contribution >= 0.6 is 11.6 Å². The fourth-order valence-electron chi connectivity index (χ4n) is 2.15. The molecule has 2 rings (SSSR count). The van der Waals surface area contributed by atoms with E-state index < -0.39 is 0 Å². The largest absolute Gasteiger partial charge is 0.299 e. The Morgan fingerprint density at radius 1 is 1.05 bits per heavy atom. The number of halogens is 1. The fraction of sp³-hybridized carbons (Fsp3) is 0.235. The number of rotatable bonds is 5. The molecule has 2 aromatic carbocycles. The molecule has 0 fully saturated rings. The van der Waals surface area contributed by atoms with Gasteiger partial charge < -0.3 is 0 Å². The fourth-order valence-corrected chi connectivity index (χ4v) is 2.27. The molecule has 0 saturated heterocycles. The summed E-state index contributed by atoms with van der Waals surface area (Å²) in [5.74, 6) is 0.144. The minimum absolute atomic E-state index is 0.144. The average Bonchev–Trinajstić information content (AvgIpc) is 2.46. The van der Waals surface area contributed by atoms with Gasteiger partial charge in [-0.15, -0.1) is 0 Å². The molecule has 0 bridgehead atoms. The molecule has 0 unspecified atom stereocenters. The summed E-state index contributed by atoms with van der Waals surface area (Å²) in [7, 11) is 3.86. The number of carbonyl (C=O) groups is 1. The highest BCUT2D eigenvalue weighted by Crippen LogP contribution is 2.15. The molecular formula is C17H18ClNO. The highest BCUT2D eigenvalue weighted by atomic mass is 35.5. The van der Waals surface area contributed by atoms with E-state index in [0.717, 1.165) is 11.1 Å². The van der Waals surface area contributed by atoms with E-state index in [-0.39, 0.29) is 11.8 Å². The first kappa shape index (κ1) is 14.8. The molecule has 0 heterocycles. The van der Waals surface area contributed by atoms with Crippen LogP contribution in [0.5, 0.6) is 0 Å². The van der Waals surface area contributed by atoms with Gasteiger partial charge in [0, 0.05) is 10.6 Å². The van der Waals surface area contributed by atoms with Crippen molar-refractivity contribution in [3.05, 3.63) is 70.7 Å². The van der Waals surface area contributed by atoms with Crippen LogP contribution in [0.15, 0.2) is 54.6 Å². The molecule has 0 saturated carbocycles. The molecule has 0 amide bonds. The van der Waals surface area contributed by atoms with Crippen LogP contribution in [0.25, 0.3) is 0 Å². The zero-order chi connectivity index (χ0) is 14.5. The van der Waals surface area contributed by atoms with Crippen LogP contribution in [0, 0.1) is 0 Å². The Morgan fingerprint density at radius 3 is 2.20 bits per heavy atom. The summed E-state index contributed by atoms with van der Waals surface area (Å²) in [6.45, 7) is 0. The Kier molecular flexibility index (Phi) is 4.94. The Balaban J connectivity index is 2.19. The number of likely N-dealkylation sites (N-methyl/N-ethyl adjacent to an activating group) is 1. The molecule has 3 heteroatoms. The van der Waals surface area contributed by atoms with Crippen molar-refractivity contribution in [3.63, 3.8) is 0 Å². The standard InChI is InChI=1S/C17H18ClNO/c1-19(2)16(12-13-8-10-15(18)11-9-13)17(20)14-6-4-3-5-7-14/h3-11,16H,12H2,1-2H3/t16-/m1/s1. The quantitative estimate of drug-likeness (QED) is 0.782. The number of nitrogens with zero attached hydrogens (tertiary/aromatic N) is 1. The first-order chi connectivity index (χ1) is 9.58. The van der Waals surface area contributed by atoms with Gasteiger partial charge in [-0.3, -0.25) is 9.69 Å². The van der Waals surface area contributed by atoms with Crippen molar-refractivity contribution in [2.45, 2.75) is 12.5 Å². The third kappa shape index (κ3) is 3.69. The van der Waals surface area contributed by atoms with Gasteiger partial charge in [-0.05, 0) is 38.2 Å². The SMILES string of the molecule is CN(C)[C@H](Cc1ccc(Cl)cc1)C(=O)c1ccccc1. The van der Waals surface area contributed by atoms with Gasteiger partial charge in [0.25, 0.3) is 0 Å². The number of hydrogen-bond donors (Lipinski definition) is 0. The van der Waals surface area contributed by atoms with Gasteiger partial charge in [-0.25, -0.2) is 0 Å². The molecule has 104 valence electrons. The van der Waals surface area contributed by atoms with E-state index in [1.807, 2.05) is 73.6 Å². The summed E-state index contributed by atoms with van der Waals surface area (Å²) < 4.78 is 0. The van der Waals surface area contributed by atoms with Crippen molar-refractivity contribution in [1.29, 1.82) is 0 Å². The molecule has 0 radical (unpaired) electrons. The van der Waals surface area contributed by atoms with Crippen molar-refractivity contribution in [2.75, 3.05) is 14.1 Å². The number of Topliss-reactive ketones (excluding diaryl/α,β-unsaturated/α-hetero) is 1. The monoisotopic (exact) mass is 287 g/mol. The van der Waals surface area contributed by atoms with E-state index in [9.17, 15) is 4.79 Å². The minimum atomic E-state index is -0.168. The molecule has 2 nitrogen and oxygen atoms in total. The van der Waals surface area contributed by atoms with Crippen molar-refractivity contribution in [1.82, 2.24) is 4.90 Å². The van der Waals surface area contributed by atoms with Crippen LogP contribution < -0.4 is 0 Å². The Morgan fingerprint density at radius 2 is 1.65 bits per heavy atom. The summed E-state index contributed by atoms with van der Waals surface area (Å²) in [6, 6.07) is 16.9. The summed E-state index contributed by atoms with van der Waals surface area (Å²) in [5, 5.41) is 0.713. The van der Waals surface area contributed by atoms with Gasteiger partial charge in [0.05, 0.1) is 6.04 Å². The summed E-state index contributed by atoms with van der Waals surface area (Å²) >= 11 is 5.89. The lowest BCUT2D eigenvalue weighted by Crippen LogP contribution is -2.37. The molecule has 0 N–H and O–H groups in total. The van der Waals surface area contributed by atoms with E-state index in [2.05, 4.69) is 0 Å². The maximum absolute atomic E-state index is 12.6. The molecule has 0 aliphatic rings. The number of ketones is 1. The Labute approximate surface area is 125 Å². The lowest BCUT2D eigenvalue weighted by molar-refractivity contribution is 0.0875. The van der Waals surface area contributed by atoms with E-state index in [0.29, 0.717) is 11.4 Å². The lowest BCUT2D eigenvalue weighted by atomic mass is 9.97. The molecule has 1 atom stereocenters. The van der Waals surface area contributed by atoms with Crippen molar-refractivity contribution >= 4 is 17.4 Å². The highest BCUT2D eigenvalue weighted by Gasteiger charge is 2.22. The van der Waals surface area contributed by atoms with E-state index in [1.54, 1.807) is 0 Å². The minimum Gasteiger partial charge on any atom is -0.299 e. The molecular weight excluding hydrogens is 270 g/mol. The number of benzene rings is 2. The van der Waals surface area contributed by atoms with Crippen LogP contribution in [0.2, 0.25) is 5.02 Å². The smallest absolute Gasteiger partial charge is 0.180 e. The number of hydrogen-bond acceptors (Lipinski definition) is 2. The maximum Gasteiger partial charge on any atom is 0.180 e. The van der Waals surface area contributed by atoms with Gasteiger partial charge in [0.15, 0.2) is 5.78 Å². The second-order valence-corrected chi connectivity index (χ2v) is 5.48. The summed E-state index contributed by atoms with van der Waals surface area (Å²) in [4.78, 5) is 14.6. The molecule has 0 aliphatic carbocycles. The van der Waals surface area contributed by atoms with Gasteiger partial charge in [-0.2, -0.15) is 0 Å². The molecule has 2 aromatic rings. The zero-order valence-electron chi connectivity index (χ0n) is 11.7. The number of carbonyl (C=O) groups excluding carboxylic acids is 1. The lowest BCUT2D eigenvalue weighted by Gasteiger charge is -2.23. The van der Waals surface area contributed by atoms with Crippen LogP contribution in [-0.2, 0) is 6.42 Å². The summed E-state index contributed by atoms with van der Waals surface area (Å²) in [5.41, 5.74) is 1.86. The maximum atomic E-state index is 12.6. The first-order valence-electron chi connectivity index (χ1n) is 6.58. The van der Waals surface area contributed by atoms with Crippen LogP contribution in [0.3, 0.4) is 0 Å². The van der Waals surface area contributed by atoms with Crippen LogP contribution in [-0.4, -0.2) is 30.8 Å². The normalized spacial score (nSPS) is 12.4. The van der Waals surface area contributed by atoms with E-state index >= 15 is 0 Å². The van der Waals surface area contributed by atoms with Crippen molar-refractivity contribution in [3.8, 4) is 0 Å². The Bertz CT molecular complexity index is 563. The second-order valence-electron chi connectivity index (χ2n) is 5.04. The third-order valence-electron chi connectivity index (χ3n) is 3.33. The second kappa shape index (κ2) is 6.69. The Hall–Kier alpha value is -1.64. The van der Waals surface area contributed by atoms with Gasteiger partial charge in [0.2, 0.25) is 0 Å². The third-order valence-corrected chi connectivity index (χ3v) is 3.58.